The summed E-state index contributed by atoms with van der Waals surface area (Å²) in [7, 11) is 0. The van der Waals surface area contributed by atoms with Crippen LogP contribution in [-0.4, -0.2) is 23.5 Å². The number of halogens is 1. The Kier molecular flexibility index (Phi) is 5.07. The normalized spacial score (nSPS) is 26.5. The van der Waals surface area contributed by atoms with Crippen LogP contribution in [0.4, 0.5) is 0 Å². The molecule has 0 aromatic carbocycles. The fraction of sp³-hybridized carbons (Fsp3) is 0.714. The second-order valence-corrected chi connectivity index (χ2v) is 6.80. The van der Waals surface area contributed by atoms with E-state index in [9.17, 15) is 0 Å². The van der Waals surface area contributed by atoms with E-state index in [1.807, 2.05) is 0 Å². The van der Waals surface area contributed by atoms with Gasteiger partial charge in [0.05, 0.1) is 4.34 Å². The van der Waals surface area contributed by atoms with E-state index in [0.717, 1.165) is 23.7 Å². The van der Waals surface area contributed by atoms with E-state index in [-0.39, 0.29) is 0 Å². The molecule has 0 spiro atoms. The number of rotatable bonds is 4. The molecular weight excluding hydrogens is 264 g/mol. The van der Waals surface area contributed by atoms with Crippen molar-refractivity contribution in [3.63, 3.8) is 0 Å². The average molecular weight is 287 g/mol. The number of hydrogen-bond donors (Lipinski definition) is 1. The van der Waals surface area contributed by atoms with Crippen LogP contribution in [0.2, 0.25) is 4.34 Å². The quantitative estimate of drug-likeness (QED) is 0.905. The number of nitrogens with zero attached hydrogens (tertiary/aromatic N) is 1. The Bertz CT molecular complexity index is 372. The van der Waals surface area contributed by atoms with Crippen LogP contribution in [0, 0.1) is 0 Å². The van der Waals surface area contributed by atoms with Crippen LogP contribution in [0.1, 0.15) is 51.1 Å². The van der Waals surface area contributed by atoms with Gasteiger partial charge in [-0.05, 0) is 56.2 Å². The highest BCUT2D eigenvalue weighted by molar-refractivity contribution is 7.14. The lowest BCUT2D eigenvalue weighted by atomic mass is 9.89. The molecule has 102 valence electrons. The van der Waals surface area contributed by atoms with E-state index in [0.29, 0.717) is 18.1 Å². The first kappa shape index (κ1) is 14.3. The van der Waals surface area contributed by atoms with Crippen molar-refractivity contribution >= 4 is 22.9 Å². The number of hydrogen-bond acceptors (Lipinski definition) is 3. The SMILES string of the molecule is CCN(C1CCC(N)CC1)C(C)c1csc(Cl)c1. The Balaban J connectivity index is 2.03. The molecule has 0 bridgehead atoms. The number of nitrogens with two attached hydrogens (primary N) is 1. The Hall–Kier alpha value is -0.0900. The van der Waals surface area contributed by atoms with Crippen molar-refractivity contribution in [1.29, 1.82) is 0 Å². The van der Waals surface area contributed by atoms with Crippen molar-refractivity contribution in [3.8, 4) is 0 Å². The minimum absolute atomic E-state index is 0.422. The van der Waals surface area contributed by atoms with Crippen LogP contribution in [0.3, 0.4) is 0 Å². The second kappa shape index (κ2) is 6.38. The third-order valence-corrected chi connectivity index (χ3v) is 5.25. The monoisotopic (exact) mass is 286 g/mol. The van der Waals surface area contributed by atoms with E-state index in [2.05, 4.69) is 30.2 Å². The first-order valence-corrected chi connectivity index (χ1v) is 8.12. The maximum atomic E-state index is 6.04. The molecular formula is C14H23ClN2S. The van der Waals surface area contributed by atoms with Gasteiger partial charge in [0.1, 0.15) is 0 Å². The molecule has 0 amide bonds. The Morgan fingerprint density at radius 3 is 2.61 bits per heavy atom. The molecule has 1 saturated carbocycles. The third kappa shape index (κ3) is 3.27. The lowest BCUT2D eigenvalue weighted by molar-refractivity contribution is 0.114. The summed E-state index contributed by atoms with van der Waals surface area (Å²) < 4.78 is 0.888. The van der Waals surface area contributed by atoms with Crippen molar-refractivity contribution in [2.45, 2.75) is 57.7 Å². The summed E-state index contributed by atoms with van der Waals surface area (Å²) in [5, 5.41) is 2.18. The van der Waals surface area contributed by atoms with Gasteiger partial charge in [-0.2, -0.15) is 0 Å². The van der Waals surface area contributed by atoms with Crippen molar-refractivity contribution < 1.29 is 0 Å². The molecule has 1 aliphatic rings. The van der Waals surface area contributed by atoms with Gasteiger partial charge < -0.3 is 5.73 Å². The van der Waals surface area contributed by atoms with Gasteiger partial charge in [0.15, 0.2) is 0 Å². The summed E-state index contributed by atoms with van der Waals surface area (Å²) in [5.41, 5.74) is 7.34. The van der Waals surface area contributed by atoms with E-state index < -0.39 is 0 Å². The standard InChI is InChI=1S/C14H23ClN2S/c1-3-17(13-6-4-12(16)5-7-13)10(2)11-8-14(15)18-9-11/h8-10,12-13H,3-7,16H2,1-2H3. The zero-order chi connectivity index (χ0) is 13.1. The van der Waals surface area contributed by atoms with Crippen LogP contribution in [0.25, 0.3) is 0 Å². The minimum Gasteiger partial charge on any atom is -0.328 e. The van der Waals surface area contributed by atoms with Gasteiger partial charge >= 0.3 is 0 Å². The lowest BCUT2D eigenvalue weighted by Gasteiger charge is -2.39. The first-order valence-electron chi connectivity index (χ1n) is 6.87. The predicted molar refractivity (Wildman–Crippen MR) is 80.4 cm³/mol. The molecule has 2 N–H and O–H groups in total. The van der Waals surface area contributed by atoms with Gasteiger partial charge in [0.2, 0.25) is 0 Å². The first-order chi connectivity index (χ1) is 8.61. The molecule has 1 fully saturated rings. The van der Waals surface area contributed by atoms with Crippen molar-refractivity contribution in [2.24, 2.45) is 5.73 Å². The van der Waals surface area contributed by atoms with Gasteiger partial charge in [-0.15, -0.1) is 11.3 Å². The topological polar surface area (TPSA) is 29.3 Å². The predicted octanol–water partition coefficient (Wildman–Crippen LogP) is 4.05. The zero-order valence-corrected chi connectivity index (χ0v) is 12.8. The Morgan fingerprint density at radius 2 is 2.11 bits per heavy atom. The Labute approximate surface area is 119 Å². The molecule has 18 heavy (non-hydrogen) atoms. The summed E-state index contributed by atoms with van der Waals surface area (Å²) in [6.45, 7) is 5.63. The van der Waals surface area contributed by atoms with Crippen LogP contribution in [0.5, 0.6) is 0 Å². The molecule has 1 aromatic heterocycles. The maximum Gasteiger partial charge on any atom is 0.0931 e. The molecule has 2 nitrogen and oxygen atoms in total. The molecule has 0 aliphatic heterocycles. The highest BCUT2D eigenvalue weighted by atomic mass is 35.5. The van der Waals surface area contributed by atoms with Crippen LogP contribution in [-0.2, 0) is 0 Å². The van der Waals surface area contributed by atoms with E-state index >= 15 is 0 Å². The fourth-order valence-electron chi connectivity index (χ4n) is 3.02. The molecule has 0 radical (unpaired) electrons. The minimum atomic E-state index is 0.422. The molecule has 1 aromatic rings. The summed E-state index contributed by atoms with van der Waals surface area (Å²) in [5.74, 6) is 0. The van der Waals surface area contributed by atoms with Crippen molar-refractivity contribution in [2.75, 3.05) is 6.54 Å². The number of thiophene rings is 1. The Morgan fingerprint density at radius 1 is 1.44 bits per heavy atom. The fourth-order valence-corrected chi connectivity index (χ4v) is 3.99. The molecule has 1 heterocycles. The smallest absolute Gasteiger partial charge is 0.0931 e. The summed E-state index contributed by atoms with van der Waals surface area (Å²) in [6, 6.07) is 3.67. The van der Waals surface area contributed by atoms with Crippen molar-refractivity contribution in [1.82, 2.24) is 4.90 Å². The molecule has 1 unspecified atom stereocenters. The molecule has 2 rings (SSSR count). The third-order valence-electron chi connectivity index (χ3n) is 4.14. The second-order valence-electron chi connectivity index (χ2n) is 5.26. The van der Waals surface area contributed by atoms with Gasteiger partial charge in [-0.3, -0.25) is 4.90 Å². The van der Waals surface area contributed by atoms with Gasteiger partial charge in [0.25, 0.3) is 0 Å². The van der Waals surface area contributed by atoms with E-state index in [1.165, 1.54) is 18.4 Å². The highest BCUT2D eigenvalue weighted by Crippen LogP contribution is 2.32. The molecule has 4 heteroatoms. The van der Waals surface area contributed by atoms with Crippen LogP contribution >= 0.6 is 22.9 Å². The van der Waals surface area contributed by atoms with Crippen molar-refractivity contribution in [3.05, 3.63) is 21.3 Å². The van der Waals surface area contributed by atoms with Gasteiger partial charge in [-0.25, -0.2) is 0 Å². The molecule has 1 aliphatic carbocycles. The molecule has 0 saturated heterocycles. The van der Waals surface area contributed by atoms with Gasteiger partial charge in [-0.1, -0.05) is 18.5 Å². The summed E-state index contributed by atoms with van der Waals surface area (Å²) >= 11 is 7.67. The largest absolute Gasteiger partial charge is 0.328 e. The summed E-state index contributed by atoms with van der Waals surface area (Å²) in [6.07, 6.45) is 4.80. The van der Waals surface area contributed by atoms with E-state index in [1.54, 1.807) is 11.3 Å². The zero-order valence-electron chi connectivity index (χ0n) is 11.2. The highest BCUT2D eigenvalue weighted by Gasteiger charge is 2.27. The molecule has 1 atom stereocenters. The van der Waals surface area contributed by atoms with Crippen LogP contribution < -0.4 is 5.73 Å². The average Bonchev–Trinajstić information content (AvgIpc) is 2.79. The maximum absolute atomic E-state index is 6.04. The van der Waals surface area contributed by atoms with Crippen LogP contribution in [0.15, 0.2) is 11.4 Å². The van der Waals surface area contributed by atoms with Gasteiger partial charge in [0, 0.05) is 18.1 Å². The van der Waals surface area contributed by atoms with E-state index in [4.69, 9.17) is 17.3 Å². The summed E-state index contributed by atoms with van der Waals surface area (Å²) in [4.78, 5) is 2.60. The lowest BCUT2D eigenvalue weighted by Crippen LogP contribution is -2.42.